The summed E-state index contributed by atoms with van der Waals surface area (Å²) in [4.78, 5) is 4.35. The Kier molecular flexibility index (Phi) is 2.93. The molecule has 0 unspecified atom stereocenters. The van der Waals surface area contributed by atoms with Crippen molar-refractivity contribution in [3.8, 4) is 0 Å². The topological polar surface area (TPSA) is 111 Å². The Morgan fingerprint density at radius 3 is 2.58 bits per heavy atom. The second-order valence-electron chi connectivity index (χ2n) is 3.53. The predicted molar refractivity (Wildman–Crippen MR) is 74.2 cm³/mol. The van der Waals surface area contributed by atoms with Crippen LogP contribution in [-0.2, 0) is 10.0 Å². The maximum Gasteiger partial charge on any atom is 0.267 e. The minimum absolute atomic E-state index is 0.226. The van der Waals surface area contributed by atoms with Crippen molar-refractivity contribution in [1.29, 1.82) is 0 Å². The minimum Gasteiger partial charge on any atom is -0.306 e. The largest absolute Gasteiger partial charge is 0.306 e. The quantitative estimate of drug-likeness (QED) is 0.758. The fraction of sp³-hybridized carbons (Fsp3) is 0. The van der Waals surface area contributed by atoms with E-state index in [4.69, 9.17) is 5.14 Å². The van der Waals surface area contributed by atoms with E-state index in [2.05, 4.69) is 20.5 Å². The summed E-state index contributed by atoms with van der Waals surface area (Å²) in [6.45, 7) is 0. The molecule has 0 aliphatic rings. The molecule has 3 N–H and O–H groups in total. The van der Waals surface area contributed by atoms with E-state index in [1.807, 2.05) is 24.3 Å². The van der Waals surface area contributed by atoms with E-state index in [0.29, 0.717) is 10.3 Å². The van der Waals surface area contributed by atoms with Crippen LogP contribution in [0.15, 0.2) is 28.6 Å². The third-order valence-electron chi connectivity index (χ3n) is 2.16. The molecule has 0 amide bonds. The summed E-state index contributed by atoms with van der Waals surface area (Å²) in [7, 11) is -3.81. The van der Waals surface area contributed by atoms with Crippen LogP contribution < -0.4 is 10.5 Å². The Morgan fingerprint density at radius 2 is 1.89 bits per heavy atom. The third kappa shape index (κ3) is 2.56. The van der Waals surface area contributed by atoms with Crippen molar-refractivity contribution in [1.82, 2.24) is 15.2 Å². The van der Waals surface area contributed by atoms with Gasteiger partial charge in [-0.25, -0.2) is 18.5 Å². The van der Waals surface area contributed by atoms with Gasteiger partial charge >= 0.3 is 0 Å². The Labute approximate surface area is 116 Å². The first kappa shape index (κ1) is 12.4. The van der Waals surface area contributed by atoms with Crippen LogP contribution in [0.5, 0.6) is 0 Å². The van der Waals surface area contributed by atoms with Gasteiger partial charge in [0.2, 0.25) is 9.47 Å². The summed E-state index contributed by atoms with van der Waals surface area (Å²) in [5.74, 6) is 0. The van der Waals surface area contributed by atoms with Gasteiger partial charge in [0.1, 0.15) is 0 Å². The Balaban J connectivity index is 1.90. The van der Waals surface area contributed by atoms with E-state index in [9.17, 15) is 8.42 Å². The number of sulfonamides is 1. The Morgan fingerprint density at radius 1 is 1.11 bits per heavy atom. The van der Waals surface area contributed by atoms with Gasteiger partial charge in [0, 0.05) is 0 Å². The first-order valence-electron chi connectivity index (χ1n) is 5.01. The van der Waals surface area contributed by atoms with Crippen LogP contribution in [0, 0.1) is 0 Å². The monoisotopic (exact) mass is 313 g/mol. The number of aromatic nitrogens is 3. The molecule has 0 radical (unpaired) electrons. The molecular formula is C9H7N5O2S3. The van der Waals surface area contributed by atoms with Gasteiger partial charge in [0.05, 0.1) is 10.2 Å². The number of rotatable bonds is 3. The Bertz CT molecular complexity index is 805. The highest BCUT2D eigenvalue weighted by molar-refractivity contribution is 7.91. The van der Waals surface area contributed by atoms with Crippen molar-refractivity contribution in [2.75, 3.05) is 5.32 Å². The lowest BCUT2D eigenvalue weighted by atomic mass is 10.3. The molecule has 3 aromatic rings. The molecule has 0 saturated heterocycles. The van der Waals surface area contributed by atoms with Crippen molar-refractivity contribution >= 4 is 53.2 Å². The second kappa shape index (κ2) is 4.49. The standard InChI is InChI=1S/C9H7N5O2S3/c10-19(15,16)9-14-13-8(18-9)12-7-11-5-3-1-2-4-6(5)17-7/h1-4H,(H2,10,15,16)(H,11,12,13). The number of benzene rings is 1. The molecule has 19 heavy (non-hydrogen) atoms. The summed E-state index contributed by atoms with van der Waals surface area (Å²) in [6.07, 6.45) is 0. The van der Waals surface area contributed by atoms with Gasteiger partial charge in [0.25, 0.3) is 10.0 Å². The smallest absolute Gasteiger partial charge is 0.267 e. The SMILES string of the molecule is NS(=O)(=O)c1nnc(Nc2nc3ccccc3s2)s1. The number of anilines is 2. The molecule has 0 bridgehead atoms. The van der Waals surface area contributed by atoms with Crippen LogP contribution in [0.1, 0.15) is 0 Å². The van der Waals surface area contributed by atoms with Gasteiger partial charge in [-0.15, -0.1) is 10.2 Å². The first-order chi connectivity index (χ1) is 9.02. The molecule has 0 saturated carbocycles. The number of nitrogens with two attached hydrogens (primary N) is 1. The minimum atomic E-state index is -3.81. The van der Waals surface area contributed by atoms with Crippen molar-refractivity contribution in [2.24, 2.45) is 5.14 Å². The molecular weight excluding hydrogens is 306 g/mol. The number of nitrogens with one attached hydrogen (secondary N) is 1. The van der Waals surface area contributed by atoms with E-state index in [0.717, 1.165) is 21.6 Å². The first-order valence-corrected chi connectivity index (χ1v) is 8.19. The van der Waals surface area contributed by atoms with Gasteiger partial charge in [0.15, 0.2) is 5.13 Å². The predicted octanol–water partition coefficient (Wildman–Crippen LogP) is 1.54. The molecule has 0 spiro atoms. The normalized spacial score (nSPS) is 11.8. The lowest BCUT2D eigenvalue weighted by molar-refractivity contribution is 0.596. The van der Waals surface area contributed by atoms with E-state index in [-0.39, 0.29) is 4.34 Å². The van der Waals surface area contributed by atoms with E-state index in [1.54, 1.807) is 0 Å². The lowest BCUT2D eigenvalue weighted by Crippen LogP contribution is -2.11. The van der Waals surface area contributed by atoms with Crippen molar-refractivity contribution in [3.05, 3.63) is 24.3 Å². The molecule has 10 heteroatoms. The van der Waals surface area contributed by atoms with Crippen LogP contribution in [0.25, 0.3) is 10.2 Å². The zero-order valence-electron chi connectivity index (χ0n) is 9.27. The number of hydrogen-bond acceptors (Lipinski definition) is 8. The maximum atomic E-state index is 11.1. The number of nitrogens with zero attached hydrogens (tertiary/aromatic N) is 3. The highest BCUT2D eigenvalue weighted by Crippen LogP contribution is 2.29. The van der Waals surface area contributed by atoms with Gasteiger partial charge < -0.3 is 5.32 Å². The van der Waals surface area contributed by atoms with Crippen LogP contribution >= 0.6 is 22.7 Å². The molecule has 2 heterocycles. The summed E-state index contributed by atoms with van der Waals surface area (Å²) in [5.41, 5.74) is 0.867. The number of fused-ring (bicyclic) bond motifs is 1. The molecule has 1 aromatic carbocycles. The fourth-order valence-electron chi connectivity index (χ4n) is 1.39. The summed E-state index contributed by atoms with van der Waals surface area (Å²) in [6, 6.07) is 7.67. The van der Waals surface area contributed by atoms with E-state index < -0.39 is 10.0 Å². The van der Waals surface area contributed by atoms with Crippen LogP contribution in [0.3, 0.4) is 0 Å². The van der Waals surface area contributed by atoms with E-state index >= 15 is 0 Å². The van der Waals surface area contributed by atoms with Crippen molar-refractivity contribution < 1.29 is 8.42 Å². The highest BCUT2D eigenvalue weighted by Gasteiger charge is 2.15. The van der Waals surface area contributed by atoms with Crippen LogP contribution in [0.4, 0.5) is 10.3 Å². The lowest BCUT2D eigenvalue weighted by Gasteiger charge is -1.92. The molecule has 0 atom stereocenters. The number of para-hydroxylation sites is 1. The highest BCUT2D eigenvalue weighted by atomic mass is 32.2. The van der Waals surface area contributed by atoms with Gasteiger partial charge in [-0.2, -0.15) is 0 Å². The Hall–Kier alpha value is -1.62. The molecule has 98 valence electrons. The van der Waals surface area contributed by atoms with Gasteiger partial charge in [-0.3, -0.25) is 0 Å². The van der Waals surface area contributed by atoms with Crippen LogP contribution in [0.2, 0.25) is 0 Å². The fourth-order valence-corrected chi connectivity index (χ4v) is 3.65. The number of thiazole rings is 1. The zero-order valence-corrected chi connectivity index (χ0v) is 11.7. The average molecular weight is 313 g/mol. The molecule has 3 rings (SSSR count). The van der Waals surface area contributed by atoms with E-state index in [1.165, 1.54) is 11.3 Å². The van der Waals surface area contributed by atoms with Crippen molar-refractivity contribution in [2.45, 2.75) is 4.34 Å². The van der Waals surface area contributed by atoms with Crippen LogP contribution in [-0.4, -0.2) is 23.6 Å². The second-order valence-corrected chi connectivity index (χ2v) is 7.27. The summed E-state index contributed by atoms with van der Waals surface area (Å²) >= 11 is 2.31. The number of hydrogen-bond donors (Lipinski definition) is 2. The summed E-state index contributed by atoms with van der Waals surface area (Å²) in [5, 5.41) is 16.1. The average Bonchev–Trinajstić information content (AvgIpc) is 2.94. The van der Waals surface area contributed by atoms with Gasteiger partial charge in [-0.05, 0) is 12.1 Å². The maximum absolute atomic E-state index is 11.1. The third-order valence-corrected chi connectivity index (χ3v) is 5.26. The van der Waals surface area contributed by atoms with Gasteiger partial charge in [-0.1, -0.05) is 34.8 Å². The summed E-state index contributed by atoms with van der Waals surface area (Å²) < 4.78 is 23.0. The molecule has 2 aromatic heterocycles. The number of primary sulfonamides is 1. The molecule has 7 nitrogen and oxygen atoms in total. The zero-order chi connectivity index (χ0) is 13.5. The molecule has 0 fully saturated rings. The molecule has 0 aliphatic heterocycles. The van der Waals surface area contributed by atoms with Crippen molar-refractivity contribution in [3.63, 3.8) is 0 Å². The molecule has 0 aliphatic carbocycles.